The van der Waals surface area contributed by atoms with E-state index in [1.165, 1.54) is 6.08 Å². The second-order valence-corrected chi connectivity index (χ2v) is 7.17. The lowest BCUT2D eigenvalue weighted by molar-refractivity contribution is 0.00578. The number of aromatic nitrogens is 1. The highest BCUT2D eigenvalue weighted by Gasteiger charge is 2.53. The summed E-state index contributed by atoms with van der Waals surface area (Å²) < 4.78 is 26.2. The molecule has 1 aromatic heterocycles. The van der Waals surface area contributed by atoms with E-state index in [2.05, 4.69) is 16.8 Å². The summed E-state index contributed by atoms with van der Waals surface area (Å²) in [6.07, 6.45) is 3.02. The van der Waals surface area contributed by atoms with E-state index < -0.39 is 24.0 Å². The van der Waals surface area contributed by atoms with Gasteiger partial charge in [-0.2, -0.15) is 0 Å². The molecule has 1 aliphatic heterocycles. The molecule has 0 aliphatic carbocycles. The maximum atomic E-state index is 14.8. The van der Waals surface area contributed by atoms with Crippen molar-refractivity contribution in [3.63, 3.8) is 0 Å². The van der Waals surface area contributed by atoms with Crippen molar-refractivity contribution < 1.29 is 13.7 Å². The Labute approximate surface area is 154 Å². The van der Waals surface area contributed by atoms with Crippen LogP contribution >= 0.6 is 0 Å². The Morgan fingerprint density at radius 1 is 1.00 bits per heavy atom. The zero-order chi connectivity index (χ0) is 18.8. The summed E-state index contributed by atoms with van der Waals surface area (Å²) in [5.41, 5.74) is 0.284. The molecule has 0 unspecified atom stereocenters. The van der Waals surface area contributed by atoms with Gasteiger partial charge in [-0.05, 0) is 57.9 Å². The molecule has 1 saturated heterocycles. The van der Waals surface area contributed by atoms with Gasteiger partial charge < -0.3 is 9.31 Å². The predicted octanol–water partition coefficient (Wildman–Crippen LogP) is 4.42. The number of rotatable bonds is 2. The van der Waals surface area contributed by atoms with Gasteiger partial charge in [-0.25, -0.2) is 9.37 Å². The summed E-state index contributed by atoms with van der Waals surface area (Å²) in [6.45, 7) is 7.56. The third-order valence-corrected chi connectivity index (χ3v) is 4.71. The fourth-order valence-electron chi connectivity index (χ4n) is 2.46. The van der Waals surface area contributed by atoms with Crippen LogP contribution in [0.25, 0.3) is 6.08 Å². The third-order valence-electron chi connectivity index (χ3n) is 4.71. The molecule has 0 saturated carbocycles. The van der Waals surface area contributed by atoms with Crippen LogP contribution in [0, 0.1) is 11.8 Å². The molecular weight excluding hydrogens is 328 g/mol. The summed E-state index contributed by atoms with van der Waals surface area (Å²) in [6, 6.07) is 13.1. The SMILES string of the molecule is CC1(C)OB(C(F)=Cc2cccnc2C#Cc2ccccc2)OC1(C)C. The van der Waals surface area contributed by atoms with E-state index in [1.807, 2.05) is 58.0 Å². The van der Waals surface area contributed by atoms with E-state index in [0.717, 1.165) is 5.56 Å². The fraction of sp³-hybridized carbons (Fsp3) is 0.286. The van der Waals surface area contributed by atoms with Crippen molar-refractivity contribution in [3.05, 3.63) is 71.2 Å². The largest absolute Gasteiger partial charge is 0.525 e. The van der Waals surface area contributed by atoms with Crippen molar-refractivity contribution >= 4 is 13.2 Å². The lowest BCUT2D eigenvalue weighted by Crippen LogP contribution is -2.41. The highest BCUT2D eigenvalue weighted by molar-refractivity contribution is 6.54. The van der Waals surface area contributed by atoms with Crippen LogP contribution in [-0.2, 0) is 9.31 Å². The Morgan fingerprint density at radius 3 is 2.31 bits per heavy atom. The minimum atomic E-state index is -1.03. The first-order chi connectivity index (χ1) is 12.3. The molecule has 0 N–H and O–H groups in total. The average molecular weight is 349 g/mol. The van der Waals surface area contributed by atoms with E-state index >= 15 is 0 Å². The molecular formula is C21H21BFNO2. The molecule has 1 aromatic carbocycles. The molecule has 0 spiro atoms. The Bertz CT molecular complexity index is 866. The van der Waals surface area contributed by atoms with Crippen LogP contribution in [0.2, 0.25) is 0 Å². The van der Waals surface area contributed by atoms with Gasteiger partial charge in [0.15, 0.2) is 0 Å². The maximum absolute atomic E-state index is 14.8. The summed E-state index contributed by atoms with van der Waals surface area (Å²) in [5.74, 6) is 6.05. The van der Waals surface area contributed by atoms with Crippen LogP contribution in [0.3, 0.4) is 0 Å². The average Bonchev–Trinajstić information content (AvgIpc) is 2.83. The summed E-state index contributed by atoms with van der Waals surface area (Å²) in [5, 5.41) is 0. The van der Waals surface area contributed by atoms with Gasteiger partial charge in [0.25, 0.3) is 0 Å². The second kappa shape index (κ2) is 7.07. The van der Waals surface area contributed by atoms with E-state index in [9.17, 15) is 4.39 Å². The monoisotopic (exact) mass is 349 g/mol. The molecule has 0 bridgehead atoms. The molecule has 5 heteroatoms. The van der Waals surface area contributed by atoms with Crippen LogP contribution in [0.4, 0.5) is 4.39 Å². The van der Waals surface area contributed by atoms with Gasteiger partial charge >= 0.3 is 7.12 Å². The van der Waals surface area contributed by atoms with Gasteiger partial charge in [-0.1, -0.05) is 30.2 Å². The highest BCUT2D eigenvalue weighted by Crippen LogP contribution is 2.39. The fourth-order valence-corrected chi connectivity index (χ4v) is 2.46. The van der Waals surface area contributed by atoms with Crippen molar-refractivity contribution in [2.45, 2.75) is 38.9 Å². The quantitative estimate of drug-likeness (QED) is 0.594. The van der Waals surface area contributed by atoms with Crippen LogP contribution in [0.1, 0.15) is 44.5 Å². The molecule has 0 amide bonds. The molecule has 26 heavy (non-hydrogen) atoms. The van der Waals surface area contributed by atoms with Crippen LogP contribution < -0.4 is 0 Å². The van der Waals surface area contributed by atoms with Crippen molar-refractivity contribution in [1.82, 2.24) is 4.98 Å². The number of hydrogen-bond acceptors (Lipinski definition) is 3. The lowest BCUT2D eigenvalue weighted by Gasteiger charge is -2.32. The molecule has 132 valence electrons. The van der Waals surface area contributed by atoms with Crippen LogP contribution in [0.5, 0.6) is 0 Å². The van der Waals surface area contributed by atoms with Gasteiger partial charge in [0.05, 0.1) is 11.2 Å². The van der Waals surface area contributed by atoms with Gasteiger partial charge in [0.2, 0.25) is 0 Å². The summed E-state index contributed by atoms with van der Waals surface area (Å²) in [7, 11) is -1.03. The predicted molar refractivity (Wildman–Crippen MR) is 102 cm³/mol. The zero-order valence-corrected chi connectivity index (χ0v) is 15.4. The molecule has 1 aliphatic rings. The van der Waals surface area contributed by atoms with Crippen molar-refractivity contribution in [1.29, 1.82) is 0 Å². The standard InChI is InChI=1S/C21H21BFNO2/c1-20(2)21(3,4)26-22(25-20)19(23)15-17-11-8-14-24-18(17)13-12-16-9-6-5-7-10-16/h5-11,14-15H,1-4H3. The smallest absolute Gasteiger partial charge is 0.398 e. The molecule has 0 radical (unpaired) electrons. The van der Waals surface area contributed by atoms with Crippen molar-refractivity contribution in [2.24, 2.45) is 0 Å². The molecule has 2 aromatic rings. The van der Waals surface area contributed by atoms with Crippen molar-refractivity contribution in [2.75, 3.05) is 0 Å². The minimum Gasteiger partial charge on any atom is -0.398 e. The normalized spacial score (nSPS) is 18.3. The first-order valence-electron chi connectivity index (χ1n) is 8.53. The zero-order valence-electron chi connectivity index (χ0n) is 15.4. The number of hydrogen-bond donors (Lipinski definition) is 0. The topological polar surface area (TPSA) is 31.4 Å². The lowest BCUT2D eigenvalue weighted by atomic mass is 9.86. The summed E-state index contributed by atoms with van der Waals surface area (Å²) >= 11 is 0. The van der Waals surface area contributed by atoms with Crippen molar-refractivity contribution in [3.8, 4) is 11.8 Å². The van der Waals surface area contributed by atoms with E-state index in [4.69, 9.17) is 9.31 Å². The number of nitrogens with zero attached hydrogens (tertiary/aromatic N) is 1. The van der Waals surface area contributed by atoms with Gasteiger partial charge in [0, 0.05) is 17.3 Å². The maximum Gasteiger partial charge on any atom is 0.525 e. The first kappa shape index (κ1) is 18.4. The Morgan fingerprint density at radius 2 is 1.65 bits per heavy atom. The summed E-state index contributed by atoms with van der Waals surface area (Å²) in [4.78, 5) is 4.26. The molecule has 0 atom stereocenters. The highest BCUT2D eigenvalue weighted by atomic mass is 19.1. The number of pyridine rings is 1. The molecule has 1 fully saturated rings. The first-order valence-corrected chi connectivity index (χ1v) is 8.53. The Hall–Kier alpha value is -2.42. The molecule has 2 heterocycles. The van der Waals surface area contributed by atoms with Gasteiger partial charge in [-0.3, -0.25) is 0 Å². The number of benzene rings is 1. The minimum absolute atomic E-state index is 0.501. The van der Waals surface area contributed by atoms with Crippen LogP contribution in [-0.4, -0.2) is 23.3 Å². The molecule has 3 rings (SSSR count). The Kier molecular flexibility index (Phi) is 5.00. The van der Waals surface area contributed by atoms with E-state index in [0.29, 0.717) is 11.3 Å². The number of halogens is 1. The van der Waals surface area contributed by atoms with E-state index in [1.54, 1.807) is 18.3 Å². The van der Waals surface area contributed by atoms with Crippen LogP contribution in [0.15, 0.2) is 54.4 Å². The Balaban J connectivity index is 1.87. The third kappa shape index (κ3) is 3.87. The van der Waals surface area contributed by atoms with E-state index in [-0.39, 0.29) is 0 Å². The van der Waals surface area contributed by atoms with Gasteiger partial charge in [-0.15, -0.1) is 0 Å². The van der Waals surface area contributed by atoms with Gasteiger partial charge in [0.1, 0.15) is 11.4 Å². The second-order valence-electron chi connectivity index (χ2n) is 7.17. The molecule has 3 nitrogen and oxygen atoms in total.